The average Bonchev–Trinajstić information content (AvgIpc) is 2.60. The van der Waals surface area contributed by atoms with Gasteiger partial charge in [-0.05, 0) is 43.4 Å². The summed E-state index contributed by atoms with van der Waals surface area (Å²) >= 11 is 0. The van der Waals surface area contributed by atoms with Crippen LogP contribution in [0.15, 0.2) is 18.2 Å². The van der Waals surface area contributed by atoms with E-state index in [1.54, 1.807) is 7.11 Å². The van der Waals surface area contributed by atoms with Gasteiger partial charge in [0.15, 0.2) is 11.5 Å². The highest BCUT2D eigenvalue weighted by Crippen LogP contribution is 2.28. The van der Waals surface area contributed by atoms with Gasteiger partial charge in [0.2, 0.25) is 5.91 Å². The molecule has 1 aliphatic carbocycles. The van der Waals surface area contributed by atoms with Crippen molar-refractivity contribution in [1.82, 2.24) is 5.32 Å². The van der Waals surface area contributed by atoms with Gasteiger partial charge in [-0.2, -0.15) is 0 Å². The average molecular weight is 371 g/mol. The Morgan fingerprint density at radius 2 is 2.12 bits per heavy atom. The predicted molar refractivity (Wildman–Crippen MR) is 102 cm³/mol. The van der Waals surface area contributed by atoms with E-state index >= 15 is 0 Å². The van der Waals surface area contributed by atoms with E-state index in [-0.39, 0.29) is 30.3 Å². The number of carbonyl (C=O) groups is 1. The molecular formula is C19H31ClN2O3. The fourth-order valence-corrected chi connectivity index (χ4v) is 3.07. The number of benzene rings is 1. The van der Waals surface area contributed by atoms with Crippen molar-refractivity contribution < 1.29 is 14.3 Å². The first-order chi connectivity index (χ1) is 11.6. The number of nitrogens with one attached hydrogen (secondary N) is 1. The van der Waals surface area contributed by atoms with E-state index in [1.165, 1.54) is 0 Å². The van der Waals surface area contributed by atoms with E-state index in [2.05, 4.69) is 12.2 Å². The summed E-state index contributed by atoms with van der Waals surface area (Å²) in [6.07, 6.45) is 5.91. The van der Waals surface area contributed by atoms with Crippen LogP contribution in [0.2, 0.25) is 0 Å². The molecule has 1 fully saturated rings. The summed E-state index contributed by atoms with van der Waals surface area (Å²) in [6.45, 7) is 3.31. The van der Waals surface area contributed by atoms with Crippen molar-refractivity contribution >= 4 is 18.3 Å². The van der Waals surface area contributed by atoms with Crippen molar-refractivity contribution in [1.29, 1.82) is 0 Å². The third-order valence-electron chi connectivity index (χ3n) is 4.54. The highest BCUT2D eigenvalue weighted by atomic mass is 35.5. The van der Waals surface area contributed by atoms with Crippen LogP contribution in [0.3, 0.4) is 0 Å². The third kappa shape index (κ3) is 6.75. The monoisotopic (exact) mass is 370 g/mol. The Morgan fingerprint density at radius 3 is 2.80 bits per heavy atom. The van der Waals surface area contributed by atoms with Crippen LogP contribution in [0.25, 0.3) is 0 Å². The fraction of sp³-hybridized carbons (Fsp3) is 0.632. The second kappa shape index (κ2) is 11.2. The van der Waals surface area contributed by atoms with Crippen molar-refractivity contribution in [3.63, 3.8) is 0 Å². The van der Waals surface area contributed by atoms with Crippen LogP contribution in [-0.2, 0) is 11.3 Å². The highest BCUT2D eigenvalue weighted by Gasteiger charge is 2.25. The molecule has 1 aromatic rings. The van der Waals surface area contributed by atoms with Gasteiger partial charge in [0.1, 0.15) is 0 Å². The Balaban J connectivity index is 0.00000312. The first-order valence-corrected chi connectivity index (χ1v) is 8.97. The molecule has 2 unspecified atom stereocenters. The molecule has 25 heavy (non-hydrogen) atoms. The summed E-state index contributed by atoms with van der Waals surface area (Å²) in [4.78, 5) is 12.3. The molecular weight excluding hydrogens is 340 g/mol. The van der Waals surface area contributed by atoms with E-state index in [1.807, 2.05) is 18.2 Å². The SMILES string of the molecule is CCCCOc1ccc(CNC(=O)C2CCCC(N)C2)cc1OC.Cl. The molecule has 0 bridgehead atoms. The zero-order chi connectivity index (χ0) is 17.4. The molecule has 0 radical (unpaired) electrons. The smallest absolute Gasteiger partial charge is 0.223 e. The molecule has 1 saturated carbocycles. The minimum Gasteiger partial charge on any atom is -0.493 e. The molecule has 0 heterocycles. The fourth-order valence-electron chi connectivity index (χ4n) is 3.07. The lowest BCUT2D eigenvalue weighted by molar-refractivity contribution is -0.126. The van der Waals surface area contributed by atoms with E-state index in [4.69, 9.17) is 15.2 Å². The molecule has 2 atom stereocenters. The van der Waals surface area contributed by atoms with Gasteiger partial charge < -0.3 is 20.5 Å². The Hall–Kier alpha value is -1.46. The standard InChI is InChI=1S/C19H30N2O3.ClH/c1-3-4-10-24-17-9-8-14(11-18(17)23-2)13-21-19(22)15-6-5-7-16(20)12-15;/h8-9,11,15-16H,3-7,10,12-13,20H2,1-2H3,(H,21,22);1H. The zero-order valence-electron chi connectivity index (χ0n) is 15.3. The molecule has 0 saturated heterocycles. The molecule has 6 heteroatoms. The second-order valence-corrected chi connectivity index (χ2v) is 6.53. The molecule has 3 N–H and O–H groups in total. The first-order valence-electron chi connectivity index (χ1n) is 8.97. The molecule has 2 rings (SSSR count). The van der Waals surface area contributed by atoms with Gasteiger partial charge in [-0.1, -0.05) is 25.8 Å². The minimum atomic E-state index is 0. The predicted octanol–water partition coefficient (Wildman–Crippen LogP) is 3.43. The largest absolute Gasteiger partial charge is 0.493 e. The molecule has 142 valence electrons. The van der Waals surface area contributed by atoms with Gasteiger partial charge in [0, 0.05) is 18.5 Å². The molecule has 1 amide bonds. The van der Waals surface area contributed by atoms with Gasteiger partial charge in [-0.25, -0.2) is 0 Å². The van der Waals surface area contributed by atoms with Crippen LogP contribution in [0.4, 0.5) is 0 Å². The van der Waals surface area contributed by atoms with Crippen LogP contribution in [0.1, 0.15) is 51.0 Å². The number of unbranched alkanes of at least 4 members (excludes halogenated alkanes) is 1. The summed E-state index contributed by atoms with van der Waals surface area (Å²) in [7, 11) is 1.63. The van der Waals surface area contributed by atoms with E-state index in [0.29, 0.717) is 18.9 Å². The number of hydrogen-bond donors (Lipinski definition) is 2. The maximum Gasteiger partial charge on any atom is 0.223 e. The van der Waals surface area contributed by atoms with Crippen LogP contribution in [-0.4, -0.2) is 25.7 Å². The number of rotatable bonds is 8. The van der Waals surface area contributed by atoms with Crippen molar-refractivity contribution in [3.05, 3.63) is 23.8 Å². The van der Waals surface area contributed by atoms with Crippen molar-refractivity contribution in [2.75, 3.05) is 13.7 Å². The Labute approximate surface area is 157 Å². The Bertz CT molecular complexity index is 539. The number of nitrogens with two attached hydrogens (primary N) is 1. The summed E-state index contributed by atoms with van der Waals surface area (Å²) in [5.41, 5.74) is 6.97. The van der Waals surface area contributed by atoms with Crippen molar-refractivity contribution in [2.24, 2.45) is 11.7 Å². The minimum absolute atomic E-state index is 0. The van der Waals surface area contributed by atoms with Crippen molar-refractivity contribution in [3.8, 4) is 11.5 Å². The van der Waals surface area contributed by atoms with Gasteiger partial charge in [0.25, 0.3) is 0 Å². The third-order valence-corrected chi connectivity index (χ3v) is 4.54. The highest BCUT2D eigenvalue weighted by molar-refractivity contribution is 5.85. The maximum atomic E-state index is 12.3. The zero-order valence-corrected chi connectivity index (χ0v) is 16.1. The Kier molecular flexibility index (Phi) is 9.68. The molecule has 0 spiro atoms. The molecule has 0 aliphatic heterocycles. The van der Waals surface area contributed by atoms with Gasteiger partial charge in [-0.15, -0.1) is 12.4 Å². The number of carbonyl (C=O) groups excluding carboxylic acids is 1. The van der Waals surface area contributed by atoms with E-state index in [9.17, 15) is 4.79 Å². The molecule has 5 nitrogen and oxygen atoms in total. The number of ether oxygens (including phenoxy) is 2. The van der Waals surface area contributed by atoms with Crippen LogP contribution < -0.4 is 20.5 Å². The molecule has 0 aromatic heterocycles. The van der Waals surface area contributed by atoms with Crippen LogP contribution in [0, 0.1) is 5.92 Å². The number of halogens is 1. The lowest BCUT2D eigenvalue weighted by Gasteiger charge is -2.25. The first kappa shape index (κ1) is 21.6. The number of amides is 1. The molecule has 1 aliphatic rings. The normalized spacial score (nSPS) is 19.6. The summed E-state index contributed by atoms with van der Waals surface area (Å²) < 4.78 is 11.1. The number of methoxy groups -OCH3 is 1. The van der Waals surface area contributed by atoms with E-state index < -0.39 is 0 Å². The molecule has 1 aromatic carbocycles. The summed E-state index contributed by atoms with van der Waals surface area (Å²) in [5.74, 6) is 1.61. The lowest BCUT2D eigenvalue weighted by atomic mass is 9.85. The van der Waals surface area contributed by atoms with Crippen LogP contribution >= 0.6 is 12.4 Å². The Morgan fingerprint density at radius 1 is 1.32 bits per heavy atom. The second-order valence-electron chi connectivity index (χ2n) is 6.53. The van der Waals surface area contributed by atoms with Crippen LogP contribution in [0.5, 0.6) is 11.5 Å². The maximum absolute atomic E-state index is 12.3. The van der Waals surface area contributed by atoms with Gasteiger partial charge in [0.05, 0.1) is 13.7 Å². The van der Waals surface area contributed by atoms with Gasteiger partial charge >= 0.3 is 0 Å². The topological polar surface area (TPSA) is 73.6 Å². The van der Waals surface area contributed by atoms with E-state index in [0.717, 1.165) is 49.8 Å². The summed E-state index contributed by atoms with van der Waals surface area (Å²) in [5, 5.41) is 3.02. The quantitative estimate of drug-likeness (QED) is 0.687. The van der Waals surface area contributed by atoms with Crippen molar-refractivity contribution in [2.45, 2.75) is 58.0 Å². The van der Waals surface area contributed by atoms with Gasteiger partial charge in [-0.3, -0.25) is 4.79 Å². The summed E-state index contributed by atoms with van der Waals surface area (Å²) in [6, 6.07) is 5.96. The lowest BCUT2D eigenvalue weighted by Crippen LogP contribution is -2.37. The number of hydrogen-bond acceptors (Lipinski definition) is 4.